The van der Waals surface area contributed by atoms with Gasteiger partial charge in [0.1, 0.15) is 0 Å². The molecule has 0 radical (unpaired) electrons. The summed E-state index contributed by atoms with van der Waals surface area (Å²) in [6.45, 7) is 11.9. The molecule has 3 aromatic rings. The van der Waals surface area contributed by atoms with Crippen LogP contribution in [-0.2, 0) is 4.43 Å². The number of nitrogens with zero attached hydrogens (tertiary/aromatic N) is 1. The van der Waals surface area contributed by atoms with E-state index in [9.17, 15) is 4.79 Å². The van der Waals surface area contributed by atoms with Gasteiger partial charge in [-0.1, -0.05) is 69.3 Å². The van der Waals surface area contributed by atoms with Crippen molar-refractivity contribution in [2.45, 2.75) is 45.0 Å². The minimum Gasteiger partial charge on any atom is -0.408 e. The molecule has 0 aromatic heterocycles. The highest BCUT2D eigenvalue weighted by Crippen LogP contribution is 2.40. The third-order valence-corrected chi connectivity index (χ3v) is 11.1. The van der Waals surface area contributed by atoms with Gasteiger partial charge in [0.15, 0.2) is 8.32 Å². The highest BCUT2D eigenvalue weighted by Gasteiger charge is 2.39. The second-order valence-electron chi connectivity index (χ2n) is 10.2. The van der Waals surface area contributed by atoms with E-state index in [2.05, 4.69) is 51.3 Å². The predicted octanol–water partition coefficient (Wildman–Crippen LogP) is 6.72. The van der Waals surface area contributed by atoms with E-state index in [1.54, 1.807) is 11.9 Å². The molecule has 3 rings (SSSR count). The molecule has 1 unspecified atom stereocenters. The van der Waals surface area contributed by atoms with Gasteiger partial charge in [0.25, 0.3) is 5.91 Å². The molecule has 180 valence electrons. The molecule has 3 N–H and O–H groups in total. The van der Waals surface area contributed by atoms with Gasteiger partial charge in [-0.05, 0) is 54.0 Å². The zero-order chi connectivity index (χ0) is 24.9. The van der Waals surface area contributed by atoms with Gasteiger partial charge in [0.05, 0.1) is 17.5 Å². The Morgan fingerprint density at radius 1 is 1.00 bits per heavy atom. The topological polar surface area (TPSA) is 67.6 Å². The zero-order valence-corrected chi connectivity index (χ0v) is 22.1. The van der Waals surface area contributed by atoms with Crippen LogP contribution in [0.25, 0.3) is 0 Å². The van der Waals surface area contributed by atoms with Crippen LogP contribution in [0.3, 0.4) is 0 Å². The summed E-state index contributed by atoms with van der Waals surface area (Å²) in [6.07, 6.45) is -0.0940. The number of hydrogen-bond donors (Lipinski definition) is 2. The average Bonchev–Trinajstić information content (AvgIpc) is 2.81. The van der Waals surface area contributed by atoms with Crippen molar-refractivity contribution in [2.24, 2.45) is 0 Å². The second kappa shape index (κ2) is 10.4. The van der Waals surface area contributed by atoms with Crippen LogP contribution < -0.4 is 16.0 Å². The Labute approximate surface area is 205 Å². The lowest BCUT2D eigenvalue weighted by Gasteiger charge is -2.39. The molecule has 3 aromatic carbocycles. The van der Waals surface area contributed by atoms with E-state index in [4.69, 9.17) is 10.2 Å². The number of carbonyl (C=O) groups is 1. The molecule has 1 amide bonds. The maximum Gasteiger partial charge on any atom is 0.258 e. The molecule has 0 aliphatic heterocycles. The highest BCUT2D eigenvalue weighted by atomic mass is 28.4. The standard InChI is InChI=1S/C28H37N3O2Si/c1-28(2,3)34(5,6)33-26(21-13-9-7-10-14-21)20-30-25-18-17-23(19-24(25)29)31(4)27(32)22-15-11-8-12-16-22/h7-19,26,30H,20,29H2,1-6H3. The van der Waals surface area contributed by atoms with Crippen molar-refractivity contribution in [3.05, 3.63) is 90.0 Å². The Morgan fingerprint density at radius 2 is 1.59 bits per heavy atom. The first-order valence-electron chi connectivity index (χ1n) is 11.7. The van der Waals surface area contributed by atoms with Gasteiger partial charge < -0.3 is 20.4 Å². The van der Waals surface area contributed by atoms with Gasteiger partial charge in [-0.3, -0.25) is 4.79 Å². The molecule has 0 aliphatic rings. The monoisotopic (exact) mass is 475 g/mol. The number of amides is 1. The summed E-state index contributed by atoms with van der Waals surface area (Å²) in [5, 5.41) is 3.59. The van der Waals surface area contributed by atoms with E-state index in [0.717, 1.165) is 16.9 Å². The zero-order valence-electron chi connectivity index (χ0n) is 21.1. The van der Waals surface area contributed by atoms with E-state index in [1.165, 1.54) is 0 Å². The van der Waals surface area contributed by atoms with Gasteiger partial charge in [-0.2, -0.15) is 0 Å². The molecule has 6 heteroatoms. The van der Waals surface area contributed by atoms with Gasteiger partial charge in [0.2, 0.25) is 0 Å². The van der Waals surface area contributed by atoms with E-state index in [1.807, 2.05) is 66.7 Å². The largest absolute Gasteiger partial charge is 0.408 e. The number of nitrogen functional groups attached to an aromatic ring is 1. The van der Waals surface area contributed by atoms with Crippen molar-refractivity contribution < 1.29 is 9.22 Å². The molecule has 0 spiro atoms. The number of nitrogens with two attached hydrogens (primary N) is 1. The molecule has 0 saturated heterocycles. The molecule has 0 aliphatic carbocycles. The summed E-state index contributed by atoms with van der Waals surface area (Å²) in [4.78, 5) is 14.4. The Balaban J connectivity index is 1.76. The first-order valence-corrected chi connectivity index (χ1v) is 14.6. The lowest BCUT2D eigenvalue weighted by atomic mass is 10.1. The van der Waals surface area contributed by atoms with Crippen molar-refractivity contribution >= 4 is 31.3 Å². The van der Waals surface area contributed by atoms with Crippen molar-refractivity contribution in [2.75, 3.05) is 29.5 Å². The lowest BCUT2D eigenvalue weighted by molar-refractivity contribution is 0.0993. The molecule has 0 fully saturated rings. The minimum absolute atomic E-state index is 0.0763. The summed E-state index contributed by atoms with van der Waals surface area (Å²) in [7, 11) is -0.227. The molecule has 0 heterocycles. The van der Waals surface area contributed by atoms with E-state index in [-0.39, 0.29) is 17.0 Å². The molecule has 0 saturated carbocycles. The number of hydrogen-bond acceptors (Lipinski definition) is 4. The van der Waals surface area contributed by atoms with Crippen LogP contribution in [0.4, 0.5) is 17.1 Å². The van der Waals surface area contributed by atoms with Crippen molar-refractivity contribution in [1.82, 2.24) is 0 Å². The third-order valence-electron chi connectivity index (χ3n) is 6.64. The first-order chi connectivity index (χ1) is 16.0. The molecular formula is C28H37N3O2Si. The molecule has 1 atom stereocenters. The summed E-state index contributed by atoms with van der Waals surface area (Å²) < 4.78 is 6.78. The quantitative estimate of drug-likeness (QED) is 0.280. The van der Waals surface area contributed by atoms with E-state index in [0.29, 0.717) is 17.8 Å². The van der Waals surface area contributed by atoms with Crippen LogP contribution in [0.15, 0.2) is 78.9 Å². The molecular weight excluding hydrogens is 438 g/mol. The number of benzene rings is 3. The van der Waals surface area contributed by atoms with Crippen LogP contribution in [-0.4, -0.2) is 27.8 Å². The van der Waals surface area contributed by atoms with Crippen LogP contribution in [0.5, 0.6) is 0 Å². The molecule has 5 nitrogen and oxygen atoms in total. The third kappa shape index (κ3) is 6.07. The van der Waals surface area contributed by atoms with Gasteiger partial charge >= 0.3 is 0 Å². The Morgan fingerprint density at radius 3 is 2.15 bits per heavy atom. The van der Waals surface area contributed by atoms with Gasteiger partial charge in [0, 0.05) is 24.8 Å². The predicted molar refractivity (Wildman–Crippen MR) is 146 cm³/mol. The smallest absolute Gasteiger partial charge is 0.258 e. The Bertz CT molecular complexity index is 1100. The average molecular weight is 476 g/mol. The number of nitrogens with one attached hydrogen (secondary N) is 1. The number of rotatable bonds is 8. The highest BCUT2D eigenvalue weighted by molar-refractivity contribution is 6.74. The van der Waals surface area contributed by atoms with E-state index >= 15 is 0 Å². The normalized spacial score (nSPS) is 12.8. The van der Waals surface area contributed by atoms with Crippen molar-refractivity contribution in [3.8, 4) is 0 Å². The fourth-order valence-electron chi connectivity index (χ4n) is 3.44. The summed E-state index contributed by atoms with van der Waals surface area (Å²) >= 11 is 0. The lowest BCUT2D eigenvalue weighted by Crippen LogP contribution is -2.43. The summed E-state index contributed by atoms with van der Waals surface area (Å²) in [6, 6.07) is 25.2. The van der Waals surface area contributed by atoms with Gasteiger partial charge in [-0.15, -0.1) is 0 Å². The maximum atomic E-state index is 12.8. The van der Waals surface area contributed by atoms with Crippen molar-refractivity contribution in [1.29, 1.82) is 0 Å². The second-order valence-corrected chi connectivity index (χ2v) is 14.9. The Kier molecular flexibility index (Phi) is 7.84. The minimum atomic E-state index is -1.99. The number of anilines is 3. The fourth-order valence-corrected chi connectivity index (χ4v) is 4.73. The summed E-state index contributed by atoms with van der Waals surface area (Å²) in [5.41, 5.74) is 10.3. The first kappa shape index (κ1) is 25.5. The molecule has 34 heavy (non-hydrogen) atoms. The van der Waals surface area contributed by atoms with Gasteiger partial charge in [-0.25, -0.2) is 0 Å². The van der Waals surface area contributed by atoms with E-state index < -0.39 is 8.32 Å². The maximum absolute atomic E-state index is 12.8. The SMILES string of the molecule is CN(C(=O)c1ccccc1)c1ccc(NCC(O[Si](C)(C)C(C)(C)C)c2ccccc2)c(N)c1. The number of carbonyl (C=O) groups excluding carboxylic acids is 1. The Hall–Kier alpha value is -3.09. The molecule has 0 bridgehead atoms. The summed E-state index contributed by atoms with van der Waals surface area (Å²) in [5.74, 6) is -0.0763. The van der Waals surface area contributed by atoms with Crippen LogP contribution >= 0.6 is 0 Å². The van der Waals surface area contributed by atoms with Crippen molar-refractivity contribution in [3.63, 3.8) is 0 Å². The fraction of sp³-hybridized carbons (Fsp3) is 0.321. The van der Waals surface area contributed by atoms with Crippen LogP contribution in [0, 0.1) is 0 Å². The van der Waals surface area contributed by atoms with Crippen LogP contribution in [0.2, 0.25) is 18.1 Å². The van der Waals surface area contributed by atoms with Crippen LogP contribution in [0.1, 0.15) is 42.8 Å².